The first-order valence-electron chi connectivity index (χ1n) is 8.82. The van der Waals surface area contributed by atoms with Crippen LogP contribution in [0.3, 0.4) is 0 Å². The van der Waals surface area contributed by atoms with Gasteiger partial charge < -0.3 is 14.8 Å². The van der Waals surface area contributed by atoms with Crippen LogP contribution in [0.5, 0.6) is 0 Å². The van der Waals surface area contributed by atoms with E-state index in [1.807, 2.05) is 18.4 Å². The molecule has 0 aromatic carbocycles. The Hall–Kier alpha value is -1.82. The second kappa shape index (κ2) is 6.83. The zero-order chi connectivity index (χ0) is 18.2. The van der Waals surface area contributed by atoms with Gasteiger partial charge in [-0.15, -0.1) is 11.3 Å². The van der Waals surface area contributed by atoms with Crippen molar-refractivity contribution >= 4 is 29.0 Å². The molecule has 1 amide bonds. The molecule has 1 aliphatic carbocycles. The van der Waals surface area contributed by atoms with Crippen LogP contribution in [0.25, 0.3) is 5.57 Å². The first kappa shape index (κ1) is 18.0. The van der Waals surface area contributed by atoms with Gasteiger partial charge in [-0.25, -0.2) is 4.79 Å². The van der Waals surface area contributed by atoms with Crippen LogP contribution in [0.1, 0.15) is 56.9 Å². The van der Waals surface area contributed by atoms with Crippen molar-refractivity contribution in [3.8, 4) is 0 Å². The number of rotatable bonds is 3. The lowest BCUT2D eigenvalue weighted by atomic mass is 9.76. The van der Waals surface area contributed by atoms with Crippen LogP contribution in [0.4, 0.5) is 4.79 Å². The lowest BCUT2D eigenvalue weighted by molar-refractivity contribution is -0.116. The first-order chi connectivity index (χ1) is 11.8. The predicted octanol–water partition coefficient (Wildman–Crippen LogP) is 4.41. The Bertz CT molecular complexity index is 711. The molecule has 1 saturated carbocycles. The number of ether oxygens (including phenoxy) is 2. The van der Waals surface area contributed by atoms with Gasteiger partial charge in [0.25, 0.3) is 5.91 Å². The van der Waals surface area contributed by atoms with Gasteiger partial charge in [-0.1, -0.05) is 6.92 Å². The third-order valence-electron chi connectivity index (χ3n) is 4.98. The highest BCUT2D eigenvalue weighted by atomic mass is 32.1. The summed E-state index contributed by atoms with van der Waals surface area (Å²) in [5.74, 6) is 0.895. The summed E-state index contributed by atoms with van der Waals surface area (Å²) >= 11 is 1.49. The molecule has 1 spiro atoms. The van der Waals surface area contributed by atoms with Gasteiger partial charge in [-0.3, -0.25) is 4.79 Å². The summed E-state index contributed by atoms with van der Waals surface area (Å²) in [6, 6.07) is 1.97. The molecule has 25 heavy (non-hydrogen) atoms. The number of amides is 1. The highest BCUT2D eigenvalue weighted by Crippen LogP contribution is 2.45. The topological polar surface area (TPSA) is 64.6 Å². The van der Waals surface area contributed by atoms with Gasteiger partial charge in [-0.05, 0) is 69.4 Å². The molecule has 1 N–H and O–H groups in total. The van der Waals surface area contributed by atoms with Crippen LogP contribution in [-0.2, 0) is 14.3 Å². The SMILES string of the molecule is Cc1ccsc1C1=C(OC(=O)OC(C)C)C2(CCC(C)CC2)NC1=O. The molecule has 2 aliphatic rings. The third kappa shape index (κ3) is 3.45. The molecular formula is C19H25NO4S. The van der Waals surface area contributed by atoms with E-state index in [4.69, 9.17) is 9.47 Å². The van der Waals surface area contributed by atoms with E-state index in [1.165, 1.54) is 11.3 Å². The van der Waals surface area contributed by atoms with E-state index >= 15 is 0 Å². The number of nitrogens with one attached hydrogen (secondary N) is 1. The Morgan fingerprint density at radius 1 is 1.36 bits per heavy atom. The maximum Gasteiger partial charge on any atom is 0.513 e. The van der Waals surface area contributed by atoms with Crippen molar-refractivity contribution in [3.63, 3.8) is 0 Å². The highest BCUT2D eigenvalue weighted by molar-refractivity contribution is 7.11. The van der Waals surface area contributed by atoms with E-state index in [2.05, 4.69) is 12.2 Å². The summed E-state index contributed by atoms with van der Waals surface area (Å²) in [7, 11) is 0. The summed E-state index contributed by atoms with van der Waals surface area (Å²) in [4.78, 5) is 25.9. The van der Waals surface area contributed by atoms with E-state index in [9.17, 15) is 9.59 Å². The molecule has 1 aromatic rings. The fourth-order valence-electron chi connectivity index (χ4n) is 3.57. The quantitative estimate of drug-likeness (QED) is 0.808. The number of carbonyl (C=O) groups excluding carboxylic acids is 2. The lowest BCUT2D eigenvalue weighted by Gasteiger charge is -2.37. The second-order valence-corrected chi connectivity index (χ2v) is 8.29. The Kier molecular flexibility index (Phi) is 4.91. The van der Waals surface area contributed by atoms with Crippen LogP contribution in [-0.4, -0.2) is 23.7 Å². The first-order valence-corrected chi connectivity index (χ1v) is 9.70. The van der Waals surface area contributed by atoms with E-state index in [1.54, 1.807) is 13.8 Å². The van der Waals surface area contributed by atoms with Crippen molar-refractivity contribution in [2.75, 3.05) is 0 Å². The zero-order valence-corrected chi connectivity index (χ0v) is 16.0. The Morgan fingerprint density at radius 3 is 2.60 bits per heavy atom. The summed E-state index contributed by atoms with van der Waals surface area (Å²) < 4.78 is 10.8. The molecule has 1 aliphatic heterocycles. The minimum atomic E-state index is -0.744. The van der Waals surface area contributed by atoms with Crippen LogP contribution in [0.15, 0.2) is 17.2 Å². The molecule has 3 rings (SSSR count). The van der Waals surface area contributed by atoms with Gasteiger partial charge in [0.1, 0.15) is 0 Å². The van der Waals surface area contributed by atoms with Crippen LogP contribution >= 0.6 is 11.3 Å². The Morgan fingerprint density at radius 2 is 2.04 bits per heavy atom. The van der Waals surface area contributed by atoms with Crippen molar-refractivity contribution in [2.45, 2.75) is 65.0 Å². The van der Waals surface area contributed by atoms with Crippen molar-refractivity contribution in [1.82, 2.24) is 5.32 Å². The van der Waals surface area contributed by atoms with Crippen LogP contribution < -0.4 is 5.32 Å². The molecule has 136 valence electrons. The van der Waals surface area contributed by atoms with E-state index in [0.717, 1.165) is 36.1 Å². The minimum Gasteiger partial charge on any atom is -0.431 e. The fourth-order valence-corrected chi connectivity index (χ4v) is 4.54. The number of hydrogen-bond donors (Lipinski definition) is 1. The van der Waals surface area contributed by atoms with Gasteiger partial charge in [-0.2, -0.15) is 0 Å². The van der Waals surface area contributed by atoms with Crippen molar-refractivity contribution in [3.05, 3.63) is 27.6 Å². The van der Waals surface area contributed by atoms with E-state index < -0.39 is 11.7 Å². The average Bonchev–Trinajstić information content (AvgIpc) is 3.04. The summed E-state index contributed by atoms with van der Waals surface area (Å²) in [6.07, 6.45) is 2.51. The molecule has 1 fully saturated rings. The number of aryl methyl sites for hydroxylation is 1. The van der Waals surface area contributed by atoms with Crippen molar-refractivity contribution in [2.24, 2.45) is 5.92 Å². The van der Waals surface area contributed by atoms with Crippen LogP contribution in [0, 0.1) is 12.8 Å². The molecule has 0 atom stereocenters. The minimum absolute atomic E-state index is 0.160. The van der Waals surface area contributed by atoms with Crippen molar-refractivity contribution < 1.29 is 19.1 Å². The maximum atomic E-state index is 12.8. The molecule has 0 saturated heterocycles. The van der Waals surface area contributed by atoms with Gasteiger partial charge in [0, 0.05) is 4.88 Å². The maximum absolute atomic E-state index is 12.8. The summed E-state index contributed by atoms with van der Waals surface area (Å²) in [5.41, 5.74) is 0.906. The fraction of sp³-hybridized carbons (Fsp3) is 0.579. The molecule has 1 aromatic heterocycles. The van der Waals surface area contributed by atoms with E-state index in [-0.39, 0.29) is 12.0 Å². The highest BCUT2D eigenvalue weighted by Gasteiger charge is 2.50. The number of hydrogen-bond acceptors (Lipinski definition) is 5. The van der Waals surface area contributed by atoms with Crippen molar-refractivity contribution in [1.29, 1.82) is 0 Å². The van der Waals surface area contributed by atoms with Gasteiger partial charge in [0.2, 0.25) is 0 Å². The third-order valence-corrected chi connectivity index (χ3v) is 6.01. The molecule has 0 bridgehead atoms. The molecule has 6 heteroatoms. The molecular weight excluding hydrogens is 338 g/mol. The number of carbonyl (C=O) groups is 2. The van der Waals surface area contributed by atoms with Crippen LogP contribution in [0.2, 0.25) is 0 Å². The number of thiophene rings is 1. The van der Waals surface area contributed by atoms with Gasteiger partial charge in [0.15, 0.2) is 5.76 Å². The van der Waals surface area contributed by atoms with Gasteiger partial charge in [0.05, 0.1) is 17.2 Å². The molecule has 2 heterocycles. The molecule has 0 unspecified atom stereocenters. The normalized spacial score (nSPS) is 26.3. The van der Waals surface area contributed by atoms with Gasteiger partial charge >= 0.3 is 6.16 Å². The molecule has 5 nitrogen and oxygen atoms in total. The molecule has 0 radical (unpaired) electrons. The zero-order valence-electron chi connectivity index (χ0n) is 15.2. The smallest absolute Gasteiger partial charge is 0.431 e. The van der Waals surface area contributed by atoms with E-state index in [0.29, 0.717) is 17.3 Å². The second-order valence-electron chi connectivity index (χ2n) is 7.37. The Balaban J connectivity index is 2.03. The lowest BCUT2D eigenvalue weighted by Crippen LogP contribution is -2.48. The standard InChI is InChI=1S/C19H25NO4S/c1-11(2)23-18(22)24-16-14(15-13(4)7-10-25-15)17(21)20-19(16)8-5-12(3)6-9-19/h7,10-12H,5-6,8-9H2,1-4H3,(H,20,21). The monoisotopic (exact) mass is 363 g/mol. The Labute approximate surface area is 152 Å². The predicted molar refractivity (Wildman–Crippen MR) is 97.2 cm³/mol. The average molecular weight is 363 g/mol. The summed E-state index contributed by atoms with van der Waals surface area (Å²) in [5, 5.41) is 5.07. The largest absolute Gasteiger partial charge is 0.513 e. The summed E-state index contributed by atoms with van der Waals surface area (Å²) in [6.45, 7) is 7.72.